The van der Waals surface area contributed by atoms with Crippen molar-refractivity contribution in [3.05, 3.63) is 59.7 Å². The predicted octanol–water partition coefficient (Wildman–Crippen LogP) is 3.09. The highest BCUT2D eigenvalue weighted by Gasteiger charge is 2.55. The zero-order chi connectivity index (χ0) is 30.4. The van der Waals surface area contributed by atoms with Gasteiger partial charge in [-0.3, -0.25) is 19.3 Å². The lowest BCUT2D eigenvalue weighted by molar-refractivity contribution is -0.166. The third kappa shape index (κ3) is 6.87. The van der Waals surface area contributed by atoms with Crippen molar-refractivity contribution >= 4 is 17.7 Å². The van der Waals surface area contributed by atoms with Crippen LogP contribution in [0.15, 0.2) is 48.5 Å². The second-order valence-corrected chi connectivity index (χ2v) is 11.9. The topological polar surface area (TPSA) is 120 Å². The Bertz CT molecular complexity index is 1250. The molecule has 10 heteroatoms. The van der Waals surface area contributed by atoms with Gasteiger partial charge in [0.25, 0.3) is 5.91 Å². The number of benzene rings is 2. The van der Waals surface area contributed by atoms with Crippen LogP contribution in [-0.2, 0) is 20.9 Å². The molecule has 1 spiro atoms. The van der Waals surface area contributed by atoms with E-state index in [9.17, 15) is 19.5 Å². The van der Waals surface area contributed by atoms with E-state index in [2.05, 4.69) is 22.5 Å². The number of ether oxygens (including phenoxy) is 2. The molecule has 3 aliphatic heterocycles. The first kappa shape index (κ1) is 31.0. The van der Waals surface area contributed by atoms with Gasteiger partial charge < -0.3 is 30.1 Å². The Kier molecular flexibility index (Phi) is 10.00. The van der Waals surface area contributed by atoms with Crippen molar-refractivity contribution in [2.24, 2.45) is 5.92 Å². The van der Waals surface area contributed by atoms with Crippen LogP contribution in [0, 0.1) is 5.92 Å². The van der Waals surface area contributed by atoms with Gasteiger partial charge in [-0.25, -0.2) is 0 Å². The molecule has 3 aliphatic rings. The lowest BCUT2D eigenvalue weighted by Crippen LogP contribution is -2.75. The van der Waals surface area contributed by atoms with E-state index in [0.717, 1.165) is 24.9 Å². The molecule has 0 aromatic heterocycles. The average molecular weight is 593 g/mol. The number of piperazine rings is 1. The zero-order valence-corrected chi connectivity index (χ0v) is 25.2. The Labute approximate surface area is 253 Å². The summed E-state index contributed by atoms with van der Waals surface area (Å²) in [4.78, 5) is 43.4. The van der Waals surface area contributed by atoms with Crippen molar-refractivity contribution in [2.75, 3.05) is 39.9 Å². The Balaban J connectivity index is 1.19. The van der Waals surface area contributed by atoms with Gasteiger partial charge in [-0.1, -0.05) is 25.5 Å². The maximum Gasteiger partial charge on any atom is 0.251 e. The van der Waals surface area contributed by atoms with Crippen LogP contribution in [-0.4, -0.2) is 90.2 Å². The molecule has 3 saturated heterocycles. The molecule has 10 nitrogen and oxygen atoms in total. The lowest BCUT2D eigenvalue weighted by Gasteiger charge is -2.52. The minimum absolute atomic E-state index is 0.0571. The third-order valence-corrected chi connectivity index (χ3v) is 9.18. The van der Waals surface area contributed by atoms with Crippen LogP contribution >= 0.6 is 0 Å². The lowest BCUT2D eigenvalue weighted by atomic mass is 9.79. The number of hydrogen-bond acceptors (Lipinski definition) is 7. The van der Waals surface area contributed by atoms with Gasteiger partial charge in [0.05, 0.1) is 6.10 Å². The van der Waals surface area contributed by atoms with Gasteiger partial charge in [-0.05, 0) is 80.0 Å². The van der Waals surface area contributed by atoms with Crippen LogP contribution < -0.4 is 15.4 Å². The summed E-state index contributed by atoms with van der Waals surface area (Å²) in [5.74, 6) is 0.867. The SMILES string of the molecule is CCCCN1C(=O)[C@@H]([C@H](O)C2CCOCC2)NC(=O)C12CCN(Cc1ccc(Oc3ccc(C(=O)NC)cc3)cc1)CC2. The van der Waals surface area contributed by atoms with Crippen molar-refractivity contribution in [3.63, 3.8) is 0 Å². The van der Waals surface area contributed by atoms with Crippen LogP contribution in [0.25, 0.3) is 0 Å². The van der Waals surface area contributed by atoms with Crippen LogP contribution in [0.2, 0.25) is 0 Å². The normalized spacial score (nSPS) is 21.8. The number of hydrogen-bond donors (Lipinski definition) is 3. The highest BCUT2D eigenvalue weighted by molar-refractivity contribution is 6.00. The van der Waals surface area contributed by atoms with Crippen molar-refractivity contribution < 1.29 is 29.0 Å². The summed E-state index contributed by atoms with van der Waals surface area (Å²) in [5.41, 5.74) is 0.828. The summed E-state index contributed by atoms with van der Waals surface area (Å²) in [7, 11) is 1.60. The van der Waals surface area contributed by atoms with Gasteiger partial charge in [0.2, 0.25) is 11.8 Å². The first-order chi connectivity index (χ1) is 20.8. The zero-order valence-electron chi connectivity index (χ0n) is 25.2. The van der Waals surface area contributed by atoms with E-state index in [0.29, 0.717) is 75.6 Å². The molecule has 0 unspecified atom stereocenters. The van der Waals surface area contributed by atoms with Gasteiger partial charge in [0.1, 0.15) is 23.1 Å². The molecule has 5 rings (SSSR count). The number of piperidine rings is 1. The molecule has 0 radical (unpaired) electrons. The predicted molar refractivity (Wildman–Crippen MR) is 162 cm³/mol. The molecule has 2 atom stereocenters. The van der Waals surface area contributed by atoms with E-state index in [-0.39, 0.29) is 23.6 Å². The molecule has 232 valence electrons. The monoisotopic (exact) mass is 592 g/mol. The molecule has 43 heavy (non-hydrogen) atoms. The van der Waals surface area contributed by atoms with Crippen LogP contribution in [0.3, 0.4) is 0 Å². The van der Waals surface area contributed by atoms with Crippen molar-refractivity contribution in [2.45, 2.75) is 69.7 Å². The quantitative estimate of drug-likeness (QED) is 0.388. The molecular formula is C33H44N4O6. The summed E-state index contributed by atoms with van der Waals surface area (Å²) < 4.78 is 11.4. The van der Waals surface area contributed by atoms with Crippen LogP contribution in [0.1, 0.15) is 61.4 Å². The first-order valence-electron chi connectivity index (χ1n) is 15.5. The van der Waals surface area contributed by atoms with E-state index >= 15 is 0 Å². The number of carbonyl (C=O) groups excluding carboxylic acids is 3. The number of unbranched alkanes of at least 4 members (excludes halogenated alkanes) is 1. The standard InChI is InChI=1S/C33H44N4O6/c1-3-4-17-37-31(40)28(29(38)24-13-20-42-21-14-24)35-32(41)33(37)15-18-36(19-16-33)22-23-5-9-26(10-6-23)43-27-11-7-25(8-12-27)30(39)34-2/h5-12,24,28-29,38H,3-4,13-22H2,1-2H3,(H,34,39)(H,35,41)/t28-,29-/m1/s1. The minimum atomic E-state index is -0.907. The number of rotatable bonds is 10. The molecule has 3 N–H and O–H groups in total. The van der Waals surface area contributed by atoms with E-state index < -0.39 is 17.7 Å². The summed E-state index contributed by atoms with van der Waals surface area (Å²) in [6.45, 7) is 5.85. The second kappa shape index (κ2) is 13.9. The molecule has 2 aromatic carbocycles. The molecule has 3 amide bonds. The largest absolute Gasteiger partial charge is 0.457 e. The Morgan fingerprint density at radius 1 is 1.07 bits per heavy atom. The second-order valence-electron chi connectivity index (χ2n) is 11.9. The third-order valence-electron chi connectivity index (χ3n) is 9.18. The van der Waals surface area contributed by atoms with Crippen LogP contribution in [0.5, 0.6) is 11.5 Å². The number of aliphatic hydroxyl groups is 1. The van der Waals surface area contributed by atoms with E-state index in [4.69, 9.17) is 9.47 Å². The number of amides is 3. The number of likely N-dealkylation sites (tertiary alicyclic amines) is 1. The highest BCUT2D eigenvalue weighted by Crippen LogP contribution is 2.36. The molecular weight excluding hydrogens is 548 g/mol. The summed E-state index contributed by atoms with van der Waals surface area (Å²) >= 11 is 0. The Morgan fingerprint density at radius 2 is 1.70 bits per heavy atom. The first-order valence-corrected chi connectivity index (χ1v) is 15.5. The van der Waals surface area contributed by atoms with Crippen molar-refractivity contribution in [1.82, 2.24) is 20.4 Å². The van der Waals surface area contributed by atoms with Gasteiger partial charge in [-0.15, -0.1) is 0 Å². The highest BCUT2D eigenvalue weighted by atomic mass is 16.5. The van der Waals surface area contributed by atoms with Gasteiger partial charge in [0.15, 0.2) is 0 Å². The molecule has 0 saturated carbocycles. The van der Waals surface area contributed by atoms with Gasteiger partial charge in [0, 0.05) is 52.0 Å². The van der Waals surface area contributed by atoms with Crippen molar-refractivity contribution in [1.29, 1.82) is 0 Å². The van der Waals surface area contributed by atoms with Gasteiger partial charge in [-0.2, -0.15) is 0 Å². The van der Waals surface area contributed by atoms with E-state index in [1.807, 2.05) is 24.3 Å². The fourth-order valence-electron chi connectivity index (χ4n) is 6.49. The number of nitrogens with one attached hydrogen (secondary N) is 2. The molecule has 3 heterocycles. The average Bonchev–Trinajstić information content (AvgIpc) is 3.04. The van der Waals surface area contributed by atoms with E-state index in [1.54, 1.807) is 36.2 Å². The van der Waals surface area contributed by atoms with Crippen molar-refractivity contribution in [3.8, 4) is 11.5 Å². The number of carbonyl (C=O) groups is 3. The smallest absolute Gasteiger partial charge is 0.251 e. The number of aliphatic hydroxyl groups excluding tert-OH is 1. The summed E-state index contributed by atoms with van der Waals surface area (Å²) in [6.07, 6.45) is 3.32. The fourth-order valence-corrected chi connectivity index (χ4v) is 6.49. The molecule has 2 aromatic rings. The summed E-state index contributed by atoms with van der Waals surface area (Å²) in [6, 6.07) is 14.0. The van der Waals surface area contributed by atoms with Gasteiger partial charge >= 0.3 is 0 Å². The molecule has 3 fully saturated rings. The number of nitrogens with zero attached hydrogens (tertiary/aromatic N) is 2. The Hall–Kier alpha value is -3.47. The maximum atomic E-state index is 13.8. The summed E-state index contributed by atoms with van der Waals surface area (Å²) in [5, 5.41) is 16.7. The fraction of sp³-hybridized carbons (Fsp3) is 0.545. The Morgan fingerprint density at radius 3 is 2.30 bits per heavy atom. The minimum Gasteiger partial charge on any atom is -0.457 e. The maximum absolute atomic E-state index is 13.8. The molecule has 0 bridgehead atoms. The van der Waals surface area contributed by atoms with Crippen LogP contribution in [0.4, 0.5) is 0 Å². The van der Waals surface area contributed by atoms with E-state index in [1.165, 1.54) is 0 Å². The molecule has 0 aliphatic carbocycles.